The van der Waals surface area contributed by atoms with E-state index in [1.807, 2.05) is 20.8 Å². The Bertz CT molecular complexity index is 344. The summed E-state index contributed by atoms with van der Waals surface area (Å²) in [7, 11) is 0. The maximum atomic E-state index is 14.5. The van der Waals surface area contributed by atoms with Gasteiger partial charge in [-0.25, -0.2) is 8.78 Å². The van der Waals surface area contributed by atoms with Gasteiger partial charge in [0.05, 0.1) is 18.3 Å². The van der Waals surface area contributed by atoms with Crippen molar-refractivity contribution in [3.05, 3.63) is 0 Å². The Balaban J connectivity index is 1.82. The Morgan fingerprint density at radius 3 is 2.30 bits per heavy atom. The molecular formula is C19H34F2O2. The molecule has 0 aliphatic heterocycles. The molecule has 6 atom stereocenters. The zero-order valence-electron chi connectivity index (χ0n) is 15.1. The molecule has 136 valence electrons. The normalized spacial score (nSPS) is 43.3. The molecule has 0 saturated heterocycles. The van der Waals surface area contributed by atoms with E-state index in [4.69, 9.17) is 9.47 Å². The van der Waals surface area contributed by atoms with E-state index in [1.165, 1.54) is 12.8 Å². The van der Waals surface area contributed by atoms with E-state index in [2.05, 4.69) is 6.92 Å². The largest absolute Gasteiger partial charge is 0.375 e. The van der Waals surface area contributed by atoms with E-state index < -0.39 is 24.6 Å². The van der Waals surface area contributed by atoms with Gasteiger partial charge in [0.1, 0.15) is 0 Å². The smallest absolute Gasteiger partial charge is 0.160 e. The van der Waals surface area contributed by atoms with Gasteiger partial charge in [0.15, 0.2) is 12.3 Å². The minimum atomic E-state index is -1.58. The summed E-state index contributed by atoms with van der Waals surface area (Å²) < 4.78 is 40.5. The van der Waals surface area contributed by atoms with E-state index in [0.29, 0.717) is 18.9 Å². The van der Waals surface area contributed by atoms with Crippen molar-refractivity contribution < 1.29 is 18.3 Å². The van der Waals surface area contributed by atoms with Crippen molar-refractivity contribution in [2.24, 2.45) is 17.8 Å². The van der Waals surface area contributed by atoms with Crippen LogP contribution in [0.4, 0.5) is 8.78 Å². The molecule has 2 saturated carbocycles. The van der Waals surface area contributed by atoms with Crippen LogP contribution in [0.2, 0.25) is 0 Å². The Kier molecular flexibility index (Phi) is 7.27. The predicted octanol–water partition coefficient (Wildman–Crippen LogP) is 5.10. The second-order valence-corrected chi connectivity index (χ2v) is 7.92. The summed E-state index contributed by atoms with van der Waals surface area (Å²) >= 11 is 0. The molecule has 2 nitrogen and oxygen atoms in total. The fourth-order valence-corrected chi connectivity index (χ4v) is 3.82. The fraction of sp³-hybridized carbons (Fsp3) is 1.00. The molecule has 0 radical (unpaired) electrons. The van der Waals surface area contributed by atoms with Gasteiger partial charge in [-0.05, 0) is 50.4 Å². The number of hydrogen-bond acceptors (Lipinski definition) is 2. The van der Waals surface area contributed by atoms with Gasteiger partial charge in [0, 0.05) is 6.61 Å². The van der Waals surface area contributed by atoms with Crippen LogP contribution in [0.1, 0.15) is 66.2 Å². The third kappa shape index (κ3) is 5.12. The fourth-order valence-electron chi connectivity index (χ4n) is 3.82. The zero-order chi connectivity index (χ0) is 17.0. The van der Waals surface area contributed by atoms with Crippen LogP contribution in [0.25, 0.3) is 0 Å². The molecular weight excluding hydrogens is 298 g/mol. The van der Waals surface area contributed by atoms with E-state index in [1.54, 1.807) is 0 Å². The maximum absolute atomic E-state index is 14.5. The molecule has 2 aliphatic rings. The van der Waals surface area contributed by atoms with Crippen molar-refractivity contribution in [3.8, 4) is 0 Å². The highest BCUT2D eigenvalue weighted by molar-refractivity contribution is 4.94. The first-order chi connectivity index (χ1) is 10.9. The van der Waals surface area contributed by atoms with E-state index in [0.717, 1.165) is 25.2 Å². The first-order valence-electron chi connectivity index (χ1n) is 9.47. The standard InChI is InChI=1S/C19H34F2O2/c1-5-14(4)23-19-13(3)10-16(17(20)18(19)21)22-11-15-8-6-12(2)7-9-15/h12-19H,5-11H2,1-4H3. The van der Waals surface area contributed by atoms with Crippen molar-refractivity contribution >= 4 is 0 Å². The van der Waals surface area contributed by atoms with Gasteiger partial charge >= 0.3 is 0 Å². The van der Waals surface area contributed by atoms with Gasteiger partial charge in [0.25, 0.3) is 0 Å². The highest BCUT2D eigenvalue weighted by Crippen LogP contribution is 2.35. The predicted molar refractivity (Wildman–Crippen MR) is 89.1 cm³/mol. The number of halogens is 2. The molecule has 0 aromatic heterocycles. The molecule has 6 unspecified atom stereocenters. The molecule has 0 heterocycles. The Morgan fingerprint density at radius 2 is 1.70 bits per heavy atom. The zero-order valence-corrected chi connectivity index (χ0v) is 15.1. The summed E-state index contributed by atoms with van der Waals surface area (Å²) in [5.41, 5.74) is 0. The van der Waals surface area contributed by atoms with Gasteiger partial charge in [-0.1, -0.05) is 33.6 Å². The molecule has 0 aromatic rings. The van der Waals surface area contributed by atoms with Crippen molar-refractivity contribution in [3.63, 3.8) is 0 Å². The molecule has 0 amide bonds. The molecule has 0 aromatic carbocycles. The molecule has 4 heteroatoms. The lowest BCUT2D eigenvalue weighted by molar-refractivity contribution is -0.158. The van der Waals surface area contributed by atoms with Crippen LogP contribution in [0, 0.1) is 17.8 Å². The van der Waals surface area contributed by atoms with Gasteiger partial charge in [-0.3, -0.25) is 0 Å². The van der Waals surface area contributed by atoms with Crippen LogP contribution >= 0.6 is 0 Å². The van der Waals surface area contributed by atoms with Crippen LogP contribution in [-0.2, 0) is 9.47 Å². The van der Waals surface area contributed by atoms with Gasteiger partial charge in [-0.2, -0.15) is 0 Å². The lowest BCUT2D eigenvalue weighted by atomic mass is 9.82. The summed E-state index contributed by atoms with van der Waals surface area (Å²) in [5.74, 6) is 1.30. The average molecular weight is 332 g/mol. The quantitative estimate of drug-likeness (QED) is 0.674. The van der Waals surface area contributed by atoms with E-state index >= 15 is 0 Å². The van der Waals surface area contributed by atoms with Crippen molar-refractivity contribution in [2.75, 3.05) is 6.61 Å². The van der Waals surface area contributed by atoms with Crippen LogP contribution in [0.5, 0.6) is 0 Å². The van der Waals surface area contributed by atoms with Gasteiger partial charge < -0.3 is 9.47 Å². The van der Waals surface area contributed by atoms with Crippen molar-refractivity contribution in [1.29, 1.82) is 0 Å². The van der Waals surface area contributed by atoms with Crippen LogP contribution < -0.4 is 0 Å². The minimum absolute atomic E-state index is 0.0117. The molecule has 0 spiro atoms. The number of ether oxygens (including phenoxy) is 2. The second kappa shape index (κ2) is 8.75. The third-order valence-electron chi connectivity index (χ3n) is 5.78. The van der Waals surface area contributed by atoms with Crippen LogP contribution in [-0.4, -0.2) is 37.3 Å². The van der Waals surface area contributed by atoms with Gasteiger partial charge in [0.2, 0.25) is 0 Å². The minimum Gasteiger partial charge on any atom is -0.375 e. The summed E-state index contributed by atoms with van der Waals surface area (Å²) in [5, 5.41) is 0. The summed E-state index contributed by atoms with van der Waals surface area (Å²) in [6, 6.07) is 0. The molecule has 2 rings (SSSR count). The second-order valence-electron chi connectivity index (χ2n) is 7.92. The lowest BCUT2D eigenvalue weighted by Crippen LogP contribution is -2.51. The molecule has 0 N–H and O–H groups in total. The summed E-state index contributed by atoms with van der Waals surface area (Å²) in [4.78, 5) is 0. The Labute approximate surface area is 140 Å². The first-order valence-corrected chi connectivity index (χ1v) is 9.47. The monoisotopic (exact) mass is 332 g/mol. The van der Waals surface area contributed by atoms with Gasteiger partial charge in [-0.15, -0.1) is 0 Å². The average Bonchev–Trinajstić information content (AvgIpc) is 2.54. The molecule has 0 bridgehead atoms. The van der Waals surface area contributed by atoms with Crippen molar-refractivity contribution in [2.45, 2.75) is 96.9 Å². The highest BCUT2D eigenvalue weighted by atomic mass is 19.2. The number of rotatable bonds is 6. The molecule has 23 heavy (non-hydrogen) atoms. The lowest BCUT2D eigenvalue weighted by Gasteiger charge is -2.40. The number of hydrogen-bond donors (Lipinski definition) is 0. The Hall–Kier alpha value is -0.220. The van der Waals surface area contributed by atoms with E-state index in [9.17, 15) is 8.78 Å². The van der Waals surface area contributed by atoms with Crippen LogP contribution in [0.3, 0.4) is 0 Å². The molecule has 2 aliphatic carbocycles. The SMILES string of the molecule is CCC(C)OC1C(C)CC(OCC2CCC(C)CC2)C(F)C1F. The third-order valence-corrected chi connectivity index (χ3v) is 5.78. The van der Waals surface area contributed by atoms with E-state index in [-0.39, 0.29) is 12.0 Å². The summed E-state index contributed by atoms with van der Waals surface area (Å²) in [6.07, 6.45) is 1.68. The van der Waals surface area contributed by atoms with Crippen molar-refractivity contribution in [1.82, 2.24) is 0 Å². The summed E-state index contributed by atoms with van der Waals surface area (Å²) in [6.45, 7) is 8.72. The first kappa shape index (κ1) is 19.1. The topological polar surface area (TPSA) is 18.5 Å². The highest BCUT2D eigenvalue weighted by Gasteiger charge is 2.46. The maximum Gasteiger partial charge on any atom is 0.160 e. The molecule has 2 fully saturated rings. The van der Waals surface area contributed by atoms with Crippen LogP contribution in [0.15, 0.2) is 0 Å². The number of alkyl halides is 2. The Morgan fingerprint density at radius 1 is 1.04 bits per heavy atom.